The molecule has 0 radical (unpaired) electrons. The molecule has 0 unspecified atom stereocenters. The first-order valence-corrected chi connectivity index (χ1v) is 8.26. The first-order valence-electron chi connectivity index (χ1n) is 6.68. The van der Waals surface area contributed by atoms with Gasteiger partial charge in [0.15, 0.2) is 0 Å². The first kappa shape index (κ1) is 12.6. The Morgan fingerprint density at radius 1 is 0.700 bits per heavy atom. The lowest BCUT2D eigenvalue weighted by Gasteiger charge is -2.04. The molecule has 0 bridgehead atoms. The van der Waals surface area contributed by atoms with E-state index in [1.54, 1.807) is 0 Å². The van der Waals surface area contributed by atoms with E-state index in [9.17, 15) is 0 Å². The predicted octanol–water partition coefficient (Wildman–Crippen LogP) is 5.79. The number of hydrogen-bond donors (Lipinski definition) is 0. The quantitative estimate of drug-likeness (QED) is 0.580. The van der Waals surface area contributed by atoms with E-state index in [1.165, 1.54) is 33.4 Å². The highest BCUT2D eigenvalue weighted by Crippen LogP contribution is 2.38. The summed E-state index contributed by atoms with van der Waals surface area (Å²) in [6, 6.07) is 13.1. The Bertz CT molecular complexity index is 782. The van der Waals surface area contributed by atoms with Gasteiger partial charge in [-0.3, -0.25) is 0 Å². The second-order valence-electron chi connectivity index (χ2n) is 5.36. The summed E-state index contributed by atoms with van der Waals surface area (Å²) in [4.78, 5) is 0. The number of fused-ring (bicyclic) bond motifs is 2. The molecule has 0 heterocycles. The number of allylic oxidation sites excluding steroid dienone is 2. The van der Waals surface area contributed by atoms with Gasteiger partial charge in [-0.2, -0.15) is 0 Å². The van der Waals surface area contributed by atoms with Crippen LogP contribution in [0.1, 0.15) is 22.3 Å². The van der Waals surface area contributed by atoms with Crippen molar-refractivity contribution >= 4 is 44.0 Å². The van der Waals surface area contributed by atoms with Crippen molar-refractivity contribution in [3.63, 3.8) is 0 Å². The van der Waals surface area contributed by atoms with Crippen molar-refractivity contribution in [1.29, 1.82) is 0 Å². The summed E-state index contributed by atoms with van der Waals surface area (Å²) in [6.45, 7) is 0. The second-order valence-corrected chi connectivity index (χ2v) is 7.07. The van der Waals surface area contributed by atoms with Gasteiger partial charge in [0.05, 0.1) is 0 Å². The van der Waals surface area contributed by atoms with Crippen LogP contribution in [-0.4, -0.2) is 0 Å². The summed E-state index contributed by atoms with van der Waals surface area (Å²) < 4.78 is 2.26. The zero-order valence-corrected chi connectivity index (χ0v) is 14.0. The second kappa shape index (κ2) is 4.71. The molecule has 0 N–H and O–H groups in total. The van der Waals surface area contributed by atoms with Gasteiger partial charge in [-0.15, -0.1) is 0 Å². The fourth-order valence-electron chi connectivity index (χ4n) is 3.03. The molecule has 0 saturated carbocycles. The van der Waals surface area contributed by atoms with Gasteiger partial charge in [-0.25, -0.2) is 0 Å². The molecule has 2 aromatic carbocycles. The number of rotatable bonds is 1. The molecule has 98 valence electrons. The minimum Gasteiger partial charge on any atom is -0.0619 e. The lowest BCUT2D eigenvalue weighted by Crippen LogP contribution is -1.91. The normalized spacial score (nSPS) is 15.7. The molecule has 2 aliphatic carbocycles. The van der Waals surface area contributed by atoms with Gasteiger partial charge in [0, 0.05) is 8.95 Å². The van der Waals surface area contributed by atoms with E-state index in [1.807, 2.05) is 0 Å². The Morgan fingerprint density at radius 3 is 2.15 bits per heavy atom. The summed E-state index contributed by atoms with van der Waals surface area (Å²) in [7, 11) is 0. The van der Waals surface area contributed by atoms with Gasteiger partial charge in [0.1, 0.15) is 0 Å². The van der Waals surface area contributed by atoms with Gasteiger partial charge in [0.25, 0.3) is 0 Å². The zero-order chi connectivity index (χ0) is 13.7. The van der Waals surface area contributed by atoms with Crippen LogP contribution in [0, 0.1) is 0 Å². The maximum Gasteiger partial charge on any atom is 0.0323 e. The molecule has 0 nitrogen and oxygen atoms in total. The molecule has 0 fully saturated rings. The Morgan fingerprint density at radius 2 is 1.35 bits per heavy atom. The molecule has 4 rings (SSSR count). The molecule has 0 atom stereocenters. The highest BCUT2D eigenvalue weighted by molar-refractivity contribution is 9.13. The van der Waals surface area contributed by atoms with Crippen LogP contribution < -0.4 is 0 Å². The van der Waals surface area contributed by atoms with Crippen molar-refractivity contribution in [1.82, 2.24) is 0 Å². The summed E-state index contributed by atoms with van der Waals surface area (Å²) in [5.41, 5.74) is 8.50. The smallest absolute Gasteiger partial charge is 0.0323 e. The van der Waals surface area contributed by atoms with Crippen molar-refractivity contribution in [2.45, 2.75) is 12.8 Å². The average Bonchev–Trinajstić information content (AvgIpc) is 3.02. The molecule has 2 aliphatic rings. The summed E-state index contributed by atoms with van der Waals surface area (Å²) in [6.07, 6.45) is 6.79. The van der Waals surface area contributed by atoms with Crippen LogP contribution in [0.25, 0.3) is 12.2 Å². The SMILES string of the molecule is Brc1cc2c(cc1Br)CC(C1=Cc3ccccc3C1)=C2. The number of hydrogen-bond acceptors (Lipinski definition) is 0. The van der Waals surface area contributed by atoms with E-state index >= 15 is 0 Å². The van der Waals surface area contributed by atoms with Crippen molar-refractivity contribution in [3.05, 3.63) is 78.7 Å². The van der Waals surface area contributed by atoms with Crippen LogP contribution in [0.4, 0.5) is 0 Å². The summed E-state index contributed by atoms with van der Waals surface area (Å²) in [5, 5.41) is 0. The lowest BCUT2D eigenvalue weighted by molar-refractivity contribution is 1.13. The maximum atomic E-state index is 3.59. The Labute approximate surface area is 135 Å². The fourth-order valence-corrected chi connectivity index (χ4v) is 3.78. The predicted molar refractivity (Wildman–Crippen MR) is 91.6 cm³/mol. The molecule has 0 aliphatic heterocycles. The van der Waals surface area contributed by atoms with E-state index in [2.05, 4.69) is 80.4 Å². The Kier molecular flexibility index (Phi) is 2.97. The van der Waals surface area contributed by atoms with Crippen LogP contribution in [0.2, 0.25) is 0 Å². The lowest BCUT2D eigenvalue weighted by atomic mass is 10.0. The Balaban J connectivity index is 1.69. The molecular formula is C18H12Br2. The third-order valence-electron chi connectivity index (χ3n) is 4.07. The molecule has 2 aromatic rings. The van der Waals surface area contributed by atoms with Crippen molar-refractivity contribution in [3.8, 4) is 0 Å². The molecule has 20 heavy (non-hydrogen) atoms. The van der Waals surface area contributed by atoms with Crippen molar-refractivity contribution in [2.75, 3.05) is 0 Å². The first-order chi connectivity index (χ1) is 9.70. The fraction of sp³-hybridized carbons (Fsp3) is 0.111. The van der Waals surface area contributed by atoms with E-state index < -0.39 is 0 Å². The van der Waals surface area contributed by atoms with Crippen molar-refractivity contribution in [2.24, 2.45) is 0 Å². The molecule has 2 heteroatoms. The van der Waals surface area contributed by atoms with Gasteiger partial charge in [0.2, 0.25) is 0 Å². The largest absolute Gasteiger partial charge is 0.0619 e. The number of halogens is 2. The molecule has 0 amide bonds. The van der Waals surface area contributed by atoms with E-state index in [4.69, 9.17) is 0 Å². The maximum absolute atomic E-state index is 3.59. The van der Waals surface area contributed by atoms with Crippen LogP contribution in [0.15, 0.2) is 56.5 Å². The van der Waals surface area contributed by atoms with Crippen molar-refractivity contribution < 1.29 is 0 Å². The number of benzene rings is 2. The third kappa shape index (κ3) is 2.02. The molecular weight excluding hydrogens is 376 g/mol. The van der Waals surface area contributed by atoms with E-state index in [0.29, 0.717) is 0 Å². The third-order valence-corrected chi connectivity index (χ3v) is 5.92. The molecule has 0 spiro atoms. The molecule has 0 aromatic heterocycles. The molecule has 0 saturated heterocycles. The average molecular weight is 388 g/mol. The van der Waals surface area contributed by atoms with Gasteiger partial charge >= 0.3 is 0 Å². The Hall–Kier alpha value is -1.12. The van der Waals surface area contributed by atoms with E-state index in [0.717, 1.165) is 21.8 Å². The standard InChI is InChI=1S/C18H12Br2/c19-17-9-15-7-14(8-16(15)10-18(17)20)13-5-11-3-1-2-4-12(11)6-13/h1-5,7,9-10H,6,8H2. The summed E-state index contributed by atoms with van der Waals surface area (Å²) >= 11 is 7.18. The monoisotopic (exact) mass is 386 g/mol. The van der Waals surface area contributed by atoms with Crippen LogP contribution >= 0.6 is 31.9 Å². The van der Waals surface area contributed by atoms with Gasteiger partial charge in [-0.1, -0.05) is 36.4 Å². The van der Waals surface area contributed by atoms with Gasteiger partial charge < -0.3 is 0 Å². The topological polar surface area (TPSA) is 0 Å². The minimum absolute atomic E-state index is 1.04. The highest BCUT2D eigenvalue weighted by Gasteiger charge is 2.21. The minimum atomic E-state index is 1.04. The van der Waals surface area contributed by atoms with E-state index in [-0.39, 0.29) is 0 Å². The summed E-state index contributed by atoms with van der Waals surface area (Å²) in [5.74, 6) is 0. The van der Waals surface area contributed by atoms with Crippen LogP contribution in [0.3, 0.4) is 0 Å². The van der Waals surface area contributed by atoms with Crippen LogP contribution in [0.5, 0.6) is 0 Å². The van der Waals surface area contributed by atoms with Gasteiger partial charge in [-0.05, 0) is 90.2 Å². The zero-order valence-electron chi connectivity index (χ0n) is 10.8. The highest BCUT2D eigenvalue weighted by atomic mass is 79.9. The van der Waals surface area contributed by atoms with Crippen LogP contribution in [-0.2, 0) is 12.8 Å².